The van der Waals surface area contributed by atoms with Crippen LogP contribution in [0.4, 0.5) is 10.5 Å². The molecule has 2 aromatic rings. The third kappa shape index (κ3) is 4.10. The molecule has 5 heteroatoms. The lowest BCUT2D eigenvalue weighted by Gasteiger charge is -2.33. The first kappa shape index (κ1) is 18.1. The summed E-state index contributed by atoms with van der Waals surface area (Å²) in [6, 6.07) is 15.8. The Hall–Kier alpha value is -2.69. The summed E-state index contributed by atoms with van der Waals surface area (Å²) < 4.78 is 10.9. The Morgan fingerprint density at radius 3 is 2.73 bits per heavy atom. The van der Waals surface area contributed by atoms with E-state index in [9.17, 15) is 4.79 Å². The third-order valence-electron chi connectivity index (χ3n) is 4.85. The first-order valence-electron chi connectivity index (χ1n) is 9.07. The lowest BCUT2D eigenvalue weighted by atomic mass is 9.91. The summed E-state index contributed by atoms with van der Waals surface area (Å²) in [5.41, 5.74) is 3.03. The zero-order valence-corrected chi connectivity index (χ0v) is 15.5. The molecule has 0 aromatic heterocycles. The van der Waals surface area contributed by atoms with Crippen molar-refractivity contribution < 1.29 is 14.3 Å². The molecule has 3 rings (SSSR count). The molecule has 1 aliphatic rings. The van der Waals surface area contributed by atoms with E-state index in [1.165, 1.54) is 0 Å². The first-order valence-corrected chi connectivity index (χ1v) is 9.07. The van der Waals surface area contributed by atoms with E-state index < -0.39 is 6.09 Å². The number of amides is 1. The lowest BCUT2D eigenvalue weighted by Crippen LogP contribution is -2.37. The number of anilines is 1. The lowest BCUT2D eigenvalue weighted by molar-refractivity contribution is 0.103. The fourth-order valence-electron chi connectivity index (χ4n) is 3.31. The van der Waals surface area contributed by atoms with Gasteiger partial charge < -0.3 is 20.1 Å². The Labute approximate surface area is 154 Å². The molecule has 0 fully saturated rings. The van der Waals surface area contributed by atoms with Gasteiger partial charge in [-0.15, -0.1) is 0 Å². The molecule has 1 heterocycles. The van der Waals surface area contributed by atoms with Crippen LogP contribution >= 0.6 is 0 Å². The van der Waals surface area contributed by atoms with Crippen LogP contribution in [0.15, 0.2) is 48.5 Å². The number of carbonyl (C=O) groups is 1. The van der Waals surface area contributed by atoms with Gasteiger partial charge in [0.1, 0.15) is 11.9 Å². The molecule has 2 aromatic carbocycles. The average molecular weight is 354 g/mol. The maximum atomic E-state index is 12.5. The van der Waals surface area contributed by atoms with Crippen LogP contribution < -0.4 is 15.4 Å². The normalized spacial score (nSPS) is 19.7. The largest absolute Gasteiger partial charge is 0.497 e. The maximum Gasteiger partial charge on any atom is 0.408 e. The van der Waals surface area contributed by atoms with Gasteiger partial charge in [-0.25, -0.2) is 4.79 Å². The van der Waals surface area contributed by atoms with Crippen LogP contribution in [0.25, 0.3) is 0 Å². The summed E-state index contributed by atoms with van der Waals surface area (Å²) in [6.07, 6.45) is 1.09. The van der Waals surface area contributed by atoms with Crippen molar-refractivity contribution in [1.29, 1.82) is 0 Å². The Balaban J connectivity index is 1.73. The SMILES string of the molecule is CC[C@H]1C[C@@H](NC(=O)OC(C)c2ccccc2)c2cc(OC)ccc2N1. The molecule has 0 saturated carbocycles. The number of methoxy groups -OCH3 is 1. The van der Waals surface area contributed by atoms with E-state index >= 15 is 0 Å². The number of benzene rings is 2. The van der Waals surface area contributed by atoms with Crippen molar-refractivity contribution >= 4 is 11.8 Å². The Bertz CT molecular complexity index is 748. The fraction of sp³-hybridized carbons (Fsp3) is 0.381. The van der Waals surface area contributed by atoms with Gasteiger partial charge in [0.15, 0.2) is 0 Å². The molecule has 3 atom stereocenters. The molecular weight excluding hydrogens is 328 g/mol. The number of alkyl carbamates (subject to hydrolysis) is 1. The van der Waals surface area contributed by atoms with Crippen LogP contribution in [-0.4, -0.2) is 19.2 Å². The van der Waals surface area contributed by atoms with E-state index in [4.69, 9.17) is 9.47 Å². The van der Waals surface area contributed by atoms with Crippen molar-refractivity contribution in [3.63, 3.8) is 0 Å². The Kier molecular flexibility index (Phi) is 5.66. The predicted octanol–water partition coefficient (Wildman–Crippen LogP) is 4.82. The number of ether oxygens (including phenoxy) is 2. The van der Waals surface area contributed by atoms with E-state index in [-0.39, 0.29) is 12.1 Å². The summed E-state index contributed by atoms with van der Waals surface area (Å²) in [4.78, 5) is 12.5. The van der Waals surface area contributed by atoms with Crippen molar-refractivity contribution in [3.05, 3.63) is 59.7 Å². The Morgan fingerprint density at radius 2 is 2.04 bits per heavy atom. The first-order chi connectivity index (χ1) is 12.6. The maximum absolute atomic E-state index is 12.5. The van der Waals surface area contributed by atoms with Gasteiger partial charge in [0.05, 0.1) is 13.2 Å². The van der Waals surface area contributed by atoms with Crippen LogP contribution in [0.3, 0.4) is 0 Å². The number of nitrogens with one attached hydrogen (secondary N) is 2. The van der Waals surface area contributed by atoms with E-state index in [0.29, 0.717) is 6.04 Å². The number of fused-ring (bicyclic) bond motifs is 1. The summed E-state index contributed by atoms with van der Waals surface area (Å²) >= 11 is 0. The fourth-order valence-corrected chi connectivity index (χ4v) is 3.31. The zero-order chi connectivity index (χ0) is 18.5. The molecule has 0 radical (unpaired) electrons. The van der Waals surface area contributed by atoms with Crippen LogP contribution in [-0.2, 0) is 4.74 Å². The molecular formula is C21H26N2O3. The topological polar surface area (TPSA) is 59.6 Å². The van der Waals surface area contributed by atoms with Gasteiger partial charge in [-0.05, 0) is 43.5 Å². The summed E-state index contributed by atoms with van der Waals surface area (Å²) in [5.74, 6) is 0.776. The monoisotopic (exact) mass is 354 g/mol. The highest BCUT2D eigenvalue weighted by Gasteiger charge is 2.28. The van der Waals surface area contributed by atoms with Crippen LogP contribution in [0.5, 0.6) is 5.75 Å². The zero-order valence-electron chi connectivity index (χ0n) is 15.5. The van der Waals surface area contributed by atoms with Crippen molar-refractivity contribution in [2.45, 2.75) is 44.9 Å². The Morgan fingerprint density at radius 1 is 1.27 bits per heavy atom. The van der Waals surface area contributed by atoms with Gasteiger partial charge in [0.2, 0.25) is 0 Å². The highest BCUT2D eigenvalue weighted by molar-refractivity contribution is 5.70. The van der Waals surface area contributed by atoms with E-state index in [2.05, 4.69) is 17.6 Å². The minimum Gasteiger partial charge on any atom is -0.497 e. The number of hydrogen-bond acceptors (Lipinski definition) is 4. The molecule has 2 N–H and O–H groups in total. The van der Waals surface area contributed by atoms with Gasteiger partial charge in [-0.3, -0.25) is 0 Å². The molecule has 1 aliphatic heterocycles. The van der Waals surface area contributed by atoms with Crippen molar-refractivity contribution in [2.24, 2.45) is 0 Å². The van der Waals surface area contributed by atoms with E-state index in [0.717, 1.165) is 35.4 Å². The molecule has 0 bridgehead atoms. The quantitative estimate of drug-likeness (QED) is 0.808. The van der Waals surface area contributed by atoms with Crippen molar-refractivity contribution in [1.82, 2.24) is 5.32 Å². The van der Waals surface area contributed by atoms with Crippen LogP contribution in [0, 0.1) is 0 Å². The number of rotatable bonds is 5. The van der Waals surface area contributed by atoms with Crippen molar-refractivity contribution in [3.8, 4) is 5.75 Å². The predicted molar refractivity (Wildman–Crippen MR) is 103 cm³/mol. The van der Waals surface area contributed by atoms with Crippen LogP contribution in [0.2, 0.25) is 0 Å². The van der Waals surface area contributed by atoms with Gasteiger partial charge in [-0.2, -0.15) is 0 Å². The van der Waals surface area contributed by atoms with Gasteiger partial charge in [0, 0.05) is 17.3 Å². The summed E-state index contributed by atoms with van der Waals surface area (Å²) in [6.45, 7) is 4.02. The van der Waals surface area contributed by atoms with Crippen LogP contribution in [0.1, 0.15) is 50.0 Å². The second kappa shape index (κ2) is 8.13. The highest BCUT2D eigenvalue weighted by Crippen LogP contribution is 2.36. The van der Waals surface area contributed by atoms with E-state index in [1.54, 1.807) is 7.11 Å². The molecule has 1 unspecified atom stereocenters. The number of hydrogen-bond donors (Lipinski definition) is 2. The second-order valence-corrected chi connectivity index (χ2v) is 6.59. The number of carbonyl (C=O) groups excluding carboxylic acids is 1. The molecule has 0 aliphatic carbocycles. The molecule has 1 amide bonds. The average Bonchev–Trinajstić information content (AvgIpc) is 2.68. The smallest absolute Gasteiger partial charge is 0.408 e. The second-order valence-electron chi connectivity index (χ2n) is 6.59. The van der Waals surface area contributed by atoms with Gasteiger partial charge >= 0.3 is 6.09 Å². The third-order valence-corrected chi connectivity index (χ3v) is 4.85. The van der Waals surface area contributed by atoms with Gasteiger partial charge in [0.25, 0.3) is 0 Å². The van der Waals surface area contributed by atoms with E-state index in [1.807, 2.05) is 55.5 Å². The molecule has 0 spiro atoms. The van der Waals surface area contributed by atoms with Crippen molar-refractivity contribution in [2.75, 3.05) is 12.4 Å². The molecule has 138 valence electrons. The molecule has 0 saturated heterocycles. The summed E-state index contributed by atoms with van der Waals surface area (Å²) in [7, 11) is 1.64. The minimum atomic E-state index is -0.406. The molecule has 5 nitrogen and oxygen atoms in total. The standard InChI is InChI=1S/C21H26N2O3/c1-4-16-12-20(18-13-17(25-3)10-11-19(18)22-16)23-21(24)26-14(2)15-8-6-5-7-9-15/h5-11,13-14,16,20,22H,4,12H2,1-3H3,(H,23,24)/t14?,16-,20+/m0/s1. The summed E-state index contributed by atoms with van der Waals surface area (Å²) in [5, 5.41) is 6.55. The molecule has 26 heavy (non-hydrogen) atoms. The minimum absolute atomic E-state index is 0.109. The highest BCUT2D eigenvalue weighted by atomic mass is 16.6. The van der Waals surface area contributed by atoms with Gasteiger partial charge in [-0.1, -0.05) is 37.3 Å².